The summed E-state index contributed by atoms with van der Waals surface area (Å²) in [5.74, 6) is 0. The summed E-state index contributed by atoms with van der Waals surface area (Å²) in [6.07, 6.45) is 3.62. The number of aromatic nitrogens is 1. The van der Waals surface area contributed by atoms with Crippen molar-refractivity contribution in [1.29, 1.82) is 0 Å². The maximum absolute atomic E-state index is 4.88. The molecule has 6 heteroatoms. The molecule has 2 aromatic rings. The van der Waals surface area contributed by atoms with Crippen LogP contribution in [0.5, 0.6) is 0 Å². The fourth-order valence-corrected chi connectivity index (χ4v) is 5.16. The minimum absolute atomic E-state index is 0.508. The molecule has 21 heavy (non-hydrogen) atoms. The Kier molecular flexibility index (Phi) is 4.99. The van der Waals surface area contributed by atoms with Gasteiger partial charge in [0.2, 0.25) is 0 Å². The van der Waals surface area contributed by atoms with Gasteiger partial charge >= 0.3 is 0 Å². The predicted molar refractivity (Wildman–Crippen MR) is 95.6 cm³/mol. The summed E-state index contributed by atoms with van der Waals surface area (Å²) in [5, 5.41) is 6.94. The highest BCUT2D eigenvalue weighted by Crippen LogP contribution is 2.37. The van der Waals surface area contributed by atoms with E-state index in [2.05, 4.69) is 51.6 Å². The molecule has 0 amide bonds. The maximum Gasteiger partial charge on any atom is 0.185 e. The highest BCUT2D eigenvalue weighted by molar-refractivity contribution is 9.11. The van der Waals surface area contributed by atoms with Crippen LogP contribution in [0.3, 0.4) is 0 Å². The van der Waals surface area contributed by atoms with Gasteiger partial charge in [-0.2, -0.15) is 0 Å². The molecule has 0 spiro atoms. The molecule has 0 aromatic carbocycles. The largest absolute Gasteiger partial charge is 0.347 e. The van der Waals surface area contributed by atoms with Crippen LogP contribution in [-0.4, -0.2) is 18.6 Å². The summed E-state index contributed by atoms with van der Waals surface area (Å²) in [6.45, 7) is 4.12. The van der Waals surface area contributed by atoms with Gasteiger partial charge in [0.05, 0.1) is 9.48 Å². The van der Waals surface area contributed by atoms with Crippen LogP contribution < -0.4 is 10.2 Å². The number of nitrogens with one attached hydrogen (secondary N) is 1. The fraction of sp³-hybridized carbons (Fsp3) is 0.533. The molecule has 2 aromatic heterocycles. The standard InChI is InChI=1S/C15H20BrN3S2/c1-3-17-11-5-4-6-12-14(11)21-15(18-12)19(2)8-10-7-13(16)20-9-10/h7,9,11,17H,3-6,8H2,1-2H3. The van der Waals surface area contributed by atoms with Crippen LogP contribution in [0.4, 0.5) is 5.13 Å². The number of fused-ring (bicyclic) bond motifs is 1. The van der Waals surface area contributed by atoms with Crippen molar-refractivity contribution >= 4 is 43.7 Å². The van der Waals surface area contributed by atoms with Gasteiger partial charge in [0.15, 0.2) is 5.13 Å². The molecule has 3 rings (SSSR count). The number of aryl methyl sites for hydroxylation is 1. The zero-order valence-corrected chi connectivity index (χ0v) is 15.6. The van der Waals surface area contributed by atoms with Gasteiger partial charge in [-0.15, -0.1) is 11.3 Å². The highest BCUT2D eigenvalue weighted by atomic mass is 79.9. The third-order valence-corrected chi connectivity index (χ3v) is 6.64. The number of halogens is 1. The predicted octanol–water partition coefficient (Wildman–Crippen LogP) is 4.59. The molecule has 114 valence electrons. The van der Waals surface area contributed by atoms with Gasteiger partial charge < -0.3 is 10.2 Å². The van der Waals surface area contributed by atoms with Crippen LogP contribution in [0.1, 0.15) is 41.9 Å². The number of hydrogen-bond acceptors (Lipinski definition) is 5. The summed E-state index contributed by atoms with van der Waals surface area (Å²) < 4.78 is 1.19. The Morgan fingerprint density at radius 2 is 2.38 bits per heavy atom. The first-order valence-corrected chi connectivity index (χ1v) is 9.83. The van der Waals surface area contributed by atoms with Gasteiger partial charge in [0.1, 0.15) is 0 Å². The lowest BCUT2D eigenvalue weighted by Gasteiger charge is -2.21. The molecule has 2 heterocycles. The number of nitrogens with zero attached hydrogens (tertiary/aromatic N) is 2. The van der Waals surface area contributed by atoms with Crippen molar-refractivity contribution < 1.29 is 0 Å². The number of anilines is 1. The van der Waals surface area contributed by atoms with E-state index in [4.69, 9.17) is 4.98 Å². The van der Waals surface area contributed by atoms with Crippen LogP contribution >= 0.6 is 38.6 Å². The summed E-state index contributed by atoms with van der Waals surface area (Å²) >= 11 is 7.13. The van der Waals surface area contributed by atoms with Crippen molar-refractivity contribution in [2.75, 3.05) is 18.5 Å². The van der Waals surface area contributed by atoms with Crippen LogP contribution in [-0.2, 0) is 13.0 Å². The summed E-state index contributed by atoms with van der Waals surface area (Å²) in [5.41, 5.74) is 2.65. The lowest BCUT2D eigenvalue weighted by molar-refractivity contribution is 0.476. The SMILES string of the molecule is CCNC1CCCc2nc(N(C)Cc3csc(Br)c3)sc21. The Morgan fingerprint density at radius 1 is 1.52 bits per heavy atom. The minimum atomic E-state index is 0.508. The molecule has 0 fully saturated rings. The Labute approximate surface area is 142 Å². The lowest BCUT2D eigenvalue weighted by Crippen LogP contribution is -2.23. The van der Waals surface area contributed by atoms with E-state index >= 15 is 0 Å². The van der Waals surface area contributed by atoms with Crippen LogP contribution in [0, 0.1) is 0 Å². The van der Waals surface area contributed by atoms with Gasteiger partial charge in [-0.1, -0.05) is 18.3 Å². The smallest absolute Gasteiger partial charge is 0.185 e. The van der Waals surface area contributed by atoms with E-state index in [0.29, 0.717) is 6.04 Å². The van der Waals surface area contributed by atoms with Crippen LogP contribution in [0.25, 0.3) is 0 Å². The molecule has 1 aliphatic rings. The summed E-state index contributed by atoms with van der Waals surface area (Å²) in [4.78, 5) is 8.60. The van der Waals surface area contributed by atoms with Crippen molar-refractivity contribution in [2.45, 2.75) is 38.8 Å². The van der Waals surface area contributed by atoms with Crippen molar-refractivity contribution in [3.8, 4) is 0 Å². The van der Waals surface area contributed by atoms with E-state index < -0.39 is 0 Å². The topological polar surface area (TPSA) is 28.2 Å². The minimum Gasteiger partial charge on any atom is -0.347 e. The van der Waals surface area contributed by atoms with Crippen LogP contribution in [0.15, 0.2) is 15.2 Å². The van der Waals surface area contributed by atoms with Gasteiger partial charge in [-0.05, 0) is 58.7 Å². The van der Waals surface area contributed by atoms with Crippen molar-refractivity contribution in [3.63, 3.8) is 0 Å². The normalized spacial score (nSPS) is 17.8. The second-order valence-electron chi connectivity index (χ2n) is 5.43. The molecule has 1 unspecified atom stereocenters. The van der Waals surface area contributed by atoms with Gasteiger partial charge in [-0.3, -0.25) is 0 Å². The Hall–Kier alpha value is -0.430. The fourth-order valence-electron chi connectivity index (χ4n) is 2.78. The van der Waals surface area contributed by atoms with E-state index in [9.17, 15) is 0 Å². The Balaban J connectivity index is 1.76. The van der Waals surface area contributed by atoms with Gasteiger partial charge in [0.25, 0.3) is 0 Å². The summed E-state index contributed by atoms with van der Waals surface area (Å²) in [7, 11) is 2.14. The van der Waals surface area contributed by atoms with Crippen LogP contribution in [0.2, 0.25) is 0 Å². The van der Waals surface area contributed by atoms with Crippen molar-refractivity contribution in [1.82, 2.24) is 10.3 Å². The molecule has 1 aliphatic carbocycles. The summed E-state index contributed by atoms with van der Waals surface area (Å²) in [6, 6.07) is 2.70. The van der Waals surface area contributed by atoms with E-state index in [-0.39, 0.29) is 0 Å². The monoisotopic (exact) mass is 385 g/mol. The number of hydrogen-bond donors (Lipinski definition) is 1. The molecular weight excluding hydrogens is 366 g/mol. The first-order valence-electron chi connectivity index (χ1n) is 7.34. The first-order chi connectivity index (χ1) is 10.2. The highest BCUT2D eigenvalue weighted by Gasteiger charge is 2.24. The molecule has 1 atom stereocenters. The molecule has 0 saturated heterocycles. The second kappa shape index (κ2) is 6.77. The van der Waals surface area contributed by atoms with E-state index in [1.165, 1.54) is 32.8 Å². The van der Waals surface area contributed by atoms with Gasteiger partial charge in [-0.25, -0.2) is 4.98 Å². The lowest BCUT2D eigenvalue weighted by atomic mass is 9.98. The van der Waals surface area contributed by atoms with E-state index in [0.717, 1.165) is 24.6 Å². The number of rotatable bonds is 5. The molecule has 0 bridgehead atoms. The first kappa shape index (κ1) is 15.5. The van der Waals surface area contributed by atoms with E-state index in [1.54, 1.807) is 11.3 Å². The molecule has 1 N–H and O–H groups in total. The van der Waals surface area contributed by atoms with Crippen molar-refractivity contribution in [3.05, 3.63) is 31.4 Å². The quantitative estimate of drug-likeness (QED) is 0.815. The molecule has 0 radical (unpaired) electrons. The zero-order valence-electron chi connectivity index (χ0n) is 12.4. The van der Waals surface area contributed by atoms with Gasteiger partial charge in [0, 0.05) is 24.5 Å². The maximum atomic E-state index is 4.88. The third-order valence-electron chi connectivity index (χ3n) is 3.76. The number of thiazole rings is 1. The Morgan fingerprint density at radius 3 is 3.10 bits per heavy atom. The van der Waals surface area contributed by atoms with E-state index in [1.807, 2.05) is 11.3 Å². The third kappa shape index (κ3) is 3.50. The molecular formula is C15H20BrN3S2. The molecule has 0 aliphatic heterocycles. The molecule has 3 nitrogen and oxygen atoms in total. The Bertz CT molecular complexity index is 608. The molecule has 0 saturated carbocycles. The van der Waals surface area contributed by atoms with Crippen molar-refractivity contribution in [2.24, 2.45) is 0 Å². The average Bonchev–Trinajstić information content (AvgIpc) is 3.06. The number of thiophene rings is 1. The average molecular weight is 386 g/mol. The second-order valence-corrected chi connectivity index (χ2v) is 8.72. The zero-order chi connectivity index (χ0) is 14.8.